The number of pyridine rings is 1. The van der Waals surface area contributed by atoms with Crippen LogP contribution in [-0.4, -0.2) is 85.3 Å². The van der Waals surface area contributed by atoms with E-state index < -0.39 is 29.8 Å². The summed E-state index contributed by atoms with van der Waals surface area (Å²) in [7, 11) is 3.12. The Balaban J connectivity index is 1.50. The zero-order valence-corrected chi connectivity index (χ0v) is 20.2. The largest absolute Gasteiger partial charge is 0.491 e. The zero-order valence-electron chi connectivity index (χ0n) is 20.2. The minimum Gasteiger partial charge on any atom is -0.491 e. The van der Waals surface area contributed by atoms with Crippen LogP contribution in [0.25, 0.3) is 0 Å². The molecule has 3 amide bonds. The molecule has 0 spiro atoms. The van der Waals surface area contributed by atoms with E-state index in [2.05, 4.69) is 15.6 Å². The van der Waals surface area contributed by atoms with E-state index in [1.807, 2.05) is 0 Å². The maximum Gasteiger partial charge on any atom is 0.270 e. The topological polar surface area (TPSA) is 130 Å². The number of hydrogen-bond donors (Lipinski definition) is 3. The molecule has 1 fully saturated rings. The van der Waals surface area contributed by atoms with Gasteiger partial charge >= 0.3 is 0 Å². The maximum absolute atomic E-state index is 14.8. The van der Waals surface area contributed by atoms with Crippen LogP contribution in [0.2, 0.25) is 0 Å². The van der Waals surface area contributed by atoms with Crippen molar-refractivity contribution in [2.45, 2.75) is 31.4 Å². The third-order valence-corrected chi connectivity index (χ3v) is 6.15. The van der Waals surface area contributed by atoms with Gasteiger partial charge in [0, 0.05) is 39.1 Å². The van der Waals surface area contributed by atoms with Crippen molar-refractivity contribution >= 4 is 17.7 Å². The van der Waals surface area contributed by atoms with Gasteiger partial charge < -0.3 is 30.1 Å². The number of rotatable bonds is 7. The summed E-state index contributed by atoms with van der Waals surface area (Å²) < 4.78 is 25.7. The van der Waals surface area contributed by atoms with Gasteiger partial charge in [-0.15, -0.1) is 0 Å². The van der Waals surface area contributed by atoms with Crippen LogP contribution in [0.1, 0.15) is 44.1 Å². The van der Waals surface area contributed by atoms with E-state index in [-0.39, 0.29) is 36.7 Å². The number of carbonyl (C=O) groups is 3. The summed E-state index contributed by atoms with van der Waals surface area (Å²) in [6, 6.07) is 5.41. The van der Waals surface area contributed by atoms with Crippen LogP contribution in [0.5, 0.6) is 5.75 Å². The molecule has 2 aliphatic rings. The number of aliphatic hydroxyl groups excluding tert-OH is 1. The third kappa shape index (κ3) is 5.80. The second-order valence-corrected chi connectivity index (χ2v) is 9.01. The van der Waals surface area contributed by atoms with Crippen molar-refractivity contribution < 1.29 is 33.4 Å². The molecule has 0 unspecified atom stereocenters. The van der Waals surface area contributed by atoms with Gasteiger partial charge in [-0.1, -0.05) is 6.07 Å². The summed E-state index contributed by atoms with van der Waals surface area (Å²) in [6.07, 6.45) is 0.501. The van der Waals surface area contributed by atoms with E-state index in [4.69, 9.17) is 9.47 Å². The van der Waals surface area contributed by atoms with Crippen molar-refractivity contribution in [3.63, 3.8) is 0 Å². The molecule has 0 aliphatic carbocycles. The molecule has 11 heteroatoms. The van der Waals surface area contributed by atoms with E-state index >= 15 is 0 Å². The Labute approximate surface area is 207 Å². The van der Waals surface area contributed by atoms with E-state index in [1.54, 1.807) is 26.2 Å². The van der Waals surface area contributed by atoms with E-state index in [0.717, 1.165) is 0 Å². The molecular weight excluding hydrogens is 471 g/mol. The molecule has 36 heavy (non-hydrogen) atoms. The van der Waals surface area contributed by atoms with E-state index in [9.17, 15) is 23.9 Å². The molecule has 2 atom stereocenters. The van der Waals surface area contributed by atoms with Crippen LogP contribution in [0.15, 0.2) is 24.3 Å². The number of halogens is 1. The summed E-state index contributed by atoms with van der Waals surface area (Å²) in [5, 5.41) is 15.3. The van der Waals surface area contributed by atoms with Gasteiger partial charge in [0.05, 0.1) is 43.2 Å². The molecule has 192 valence electrons. The third-order valence-electron chi connectivity index (χ3n) is 6.15. The number of amides is 3. The smallest absolute Gasteiger partial charge is 0.270 e. The number of nitrogens with zero attached hydrogens (tertiary/aromatic N) is 2. The second-order valence-electron chi connectivity index (χ2n) is 9.01. The number of ether oxygens (including phenoxy) is 2. The highest BCUT2D eigenvalue weighted by Crippen LogP contribution is 2.31. The second kappa shape index (κ2) is 11.0. The van der Waals surface area contributed by atoms with Gasteiger partial charge in [0.15, 0.2) is 0 Å². The van der Waals surface area contributed by atoms with Crippen LogP contribution in [0.3, 0.4) is 0 Å². The molecule has 0 bridgehead atoms. The summed E-state index contributed by atoms with van der Waals surface area (Å²) in [5.74, 6) is -1.56. The Morgan fingerprint density at radius 2 is 2.00 bits per heavy atom. The van der Waals surface area contributed by atoms with Crippen LogP contribution >= 0.6 is 0 Å². The van der Waals surface area contributed by atoms with Crippen molar-refractivity contribution in [1.29, 1.82) is 0 Å². The lowest BCUT2D eigenvalue weighted by Crippen LogP contribution is -2.48. The number of carbonyl (C=O) groups excluding carboxylic acids is 3. The van der Waals surface area contributed by atoms with Crippen molar-refractivity contribution in [2.24, 2.45) is 0 Å². The molecule has 1 aromatic carbocycles. The zero-order chi connectivity index (χ0) is 25.8. The number of aromatic nitrogens is 1. The minimum absolute atomic E-state index is 0.160. The van der Waals surface area contributed by atoms with Crippen molar-refractivity contribution in [3.8, 4) is 5.75 Å². The number of likely N-dealkylation sites (N-methyl/N-ethyl adjacent to an activating group) is 1. The van der Waals surface area contributed by atoms with Crippen LogP contribution in [-0.2, 0) is 22.4 Å². The first kappa shape index (κ1) is 25.5. The fourth-order valence-corrected chi connectivity index (χ4v) is 4.10. The Morgan fingerprint density at radius 3 is 2.72 bits per heavy atom. The summed E-state index contributed by atoms with van der Waals surface area (Å²) in [4.78, 5) is 42.6. The molecule has 0 saturated carbocycles. The molecular formula is C25H29FN4O6. The van der Waals surface area contributed by atoms with Gasteiger partial charge in [0.2, 0.25) is 5.91 Å². The Bertz CT molecular complexity index is 1170. The Kier molecular flexibility index (Phi) is 7.80. The number of aliphatic hydroxyl groups is 1. The average Bonchev–Trinajstić information content (AvgIpc) is 3.33. The van der Waals surface area contributed by atoms with Crippen molar-refractivity contribution in [3.05, 3.63) is 58.2 Å². The lowest BCUT2D eigenvalue weighted by Gasteiger charge is -2.28. The molecule has 3 heterocycles. The van der Waals surface area contributed by atoms with Crippen molar-refractivity contribution in [2.75, 3.05) is 40.5 Å². The SMILES string of the molecule is CN(C)C(=O)CNC(=O)c1ccc(Cc2cc(C(=O)N[C@H]3CCOC[C@@H]3O)nc3c2OCC3)cc1F. The van der Waals surface area contributed by atoms with Gasteiger partial charge in [-0.2, -0.15) is 0 Å². The summed E-state index contributed by atoms with van der Waals surface area (Å²) >= 11 is 0. The first-order chi connectivity index (χ1) is 17.2. The van der Waals surface area contributed by atoms with Gasteiger partial charge in [0.25, 0.3) is 11.8 Å². The molecule has 2 aliphatic heterocycles. The minimum atomic E-state index is -0.792. The van der Waals surface area contributed by atoms with E-state index in [1.165, 1.54) is 17.0 Å². The number of nitrogens with one attached hydrogen (secondary N) is 2. The van der Waals surface area contributed by atoms with Crippen LogP contribution in [0, 0.1) is 5.82 Å². The fraction of sp³-hybridized carbons (Fsp3) is 0.440. The molecule has 0 radical (unpaired) electrons. The molecule has 10 nitrogen and oxygen atoms in total. The number of hydrogen-bond acceptors (Lipinski definition) is 7. The molecule has 2 aromatic rings. The maximum atomic E-state index is 14.8. The molecule has 3 N–H and O–H groups in total. The first-order valence-electron chi connectivity index (χ1n) is 11.7. The molecule has 1 aromatic heterocycles. The Hall–Kier alpha value is -3.57. The number of fused-ring (bicyclic) bond motifs is 1. The standard InChI is InChI=1S/C25H29FN4O6/c1-30(2)22(32)12-27-24(33)16-4-3-14(10-17(16)26)9-15-11-20(28-19-6-8-36-23(15)19)25(34)29-18-5-7-35-13-21(18)31/h3-4,10-11,18,21,31H,5-9,12-13H2,1-2H3,(H,27,33)(H,29,34)/t18-,21-/m0/s1. The van der Waals surface area contributed by atoms with Crippen LogP contribution in [0.4, 0.5) is 4.39 Å². The quantitative estimate of drug-likeness (QED) is 0.503. The predicted molar refractivity (Wildman–Crippen MR) is 126 cm³/mol. The predicted octanol–water partition coefficient (Wildman–Crippen LogP) is 0.444. The fourth-order valence-electron chi connectivity index (χ4n) is 4.10. The number of benzene rings is 1. The van der Waals surface area contributed by atoms with Gasteiger partial charge in [-0.3, -0.25) is 14.4 Å². The first-order valence-corrected chi connectivity index (χ1v) is 11.7. The summed E-state index contributed by atoms with van der Waals surface area (Å²) in [6.45, 7) is 0.805. The van der Waals surface area contributed by atoms with Gasteiger partial charge in [-0.25, -0.2) is 9.37 Å². The molecule has 1 saturated heterocycles. The Morgan fingerprint density at radius 1 is 1.19 bits per heavy atom. The summed E-state index contributed by atoms with van der Waals surface area (Å²) in [5.41, 5.74) is 1.91. The normalized spacial score (nSPS) is 18.7. The highest BCUT2D eigenvalue weighted by Gasteiger charge is 2.28. The van der Waals surface area contributed by atoms with Gasteiger partial charge in [-0.05, 0) is 30.2 Å². The highest BCUT2D eigenvalue weighted by molar-refractivity contribution is 5.96. The lowest BCUT2D eigenvalue weighted by atomic mass is 10.0. The van der Waals surface area contributed by atoms with Crippen LogP contribution < -0.4 is 15.4 Å². The lowest BCUT2D eigenvalue weighted by molar-refractivity contribution is -0.127. The van der Waals surface area contributed by atoms with Gasteiger partial charge in [0.1, 0.15) is 17.3 Å². The highest BCUT2D eigenvalue weighted by atomic mass is 19.1. The average molecular weight is 501 g/mol. The molecule has 4 rings (SSSR count). The monoisotopic (exact) mass is 500 g/mol. The van der Waals surface area contributed by atoms with Crippen molar-refractivity contribution in [1.82, 2.24) is 20.5 Å². The van der Waals surface area contributed by atoms with E-state index in [0.29, 0.717) is 48.6 Å².